The van der Waals surface area contributed by atoms with Crippen LogP contribution in [0.1, 0.15) is 30.5 Å². The van der Waals surface area contributed by atoms with Gasteiger partial charge in [-0.25, -0.2) is 4.39 Å². The molecule has 20 heavy (non-hydrogen) atoms. The van der Waals surface area contributed by atoms with Crippen molar-refractivity contribution in [2.75, 3.05) is 6.54 Å². The third-order valence-electron chi connectivity index (χ3n) is 3.08. The van der Waals surface area contributed by atoms with Gasteiger partial charge in [-0.1, -0.05) is 52.7 Å². The summed E-state index contributed by atoms with van der Waals surface area (Å²) in [6.07, 6.45) is 0.994. The average Bonchev–Trinajstić information content (AvgIpc) is 2.44. The van der Waals surface area contributed by atoms with Gasteiger partial charge in [-0.2, -0.15) is 0 Å². The van der Waals surface area contributed by atoms with E-state index < -0.39 is 0 Å². The van der Waals surface area contributed by atoms with Crippen molar-refractivity contribution in [1.29, 1.82) is 0 Å². The van der Waals surface area contributed by atoms with E-state index in [0.717, 1.165) is 28.6 Å². The Kier molecular flexibility index (Phi) is 5.58. The summed E-state index contributed by atoms with van der Waals surface area (Å²) in [6.45, 7) is 2.93. The van der Waals surface area contributed by atoms with Crippen LogP contribution in [0.2, 0.25) is 5.02 Å². The van der Waals surface area contributed by atoms with Crippen molar-refractivity contribution in [3.05, 3.63) is 68.9 Å². The lowest BCUT2D eigenvalue weighted by molar-refractivity contribution is 0.584. The van der Waals surface area contributed by atoms with E-state index in [1.165, 1.54) is 6.07 Å². The molecule has 0 radical (unpaired) electrons. The van der Waals surface area contributed by atoms with Gasteiger partial charge in [-0.05, 0) is 48.4 Å². The summed E-state index contributed by atoms with van der Waals surface area (Å²) in [4.78, 5) is 0. The van der Waals surface area contributed by atoms with Gasteiger partial charge in [0.1, 0.15) is 5.82 Å². The first kappa shape index (κ1) is 15.5. The second-order valence-electron chi connectivity index (χ2n) is 4.57. The molecule has 2 rings (SSSR count). The van der Waals surface area contributed by atoms with Crippen molar-refractivity contribution in [3.8, 4) is 0 Å². The molecule has 0 heterocycles. The lowest BCUT2D eigenvalue weighted by Gasteiger charge is -2.22. The summed E-state index contributed by atoms with van der Waals surface area (Å²) in [6, 6.07) is 12.2. The minimum absolute atomic E-state index is 0.131. The third-order valence-corrected chi connectivity index (χ3v) is 4.15. The van der Waals surface area contributed by atoms with Crippen molar-refractivity contribution in [2.24, 2.45) is 0 Å². The summed E-state index contributed by atoms with van der Waals surface area (Å²) in [5, 5.41) is 4.11. The number of hydrogen-bond donors (Lipinski definition) is 1. The van der Waals surface area contributed by atoms with Crippen LogP contribution in [0.25, 0.3) is 0 Å². The van der Waals surface area contributed by atoms with Crippen LogP contribution in [0.3, 0.4) is 0 Å². The third kappa shape index (κ3) is 3.60. The quantitative estimate of drug-likeness (QED) is 0.763. The summed E-state index contributed by atoms with van der Waals surface area (Å²) in [5.41, 5.74) is 1.81. The highest BCUT2D eigenvalue weighted by molar-refractivity contribution is 9.10. The Morgan fingerprint density at radius 2 is 1.95 bits per heavy atom. The number of halogens is 3. The number of rotatable bonds is 5. The second kappa shape index (κ2) is 7.21. The maximum Gasteiger partial charge on any atom is 0.123 e. The Bertz CT molecular complexity index is 588. The molecule has 0 aliphatic rings. The van der Waals surface area contributed by atoms with Gasteiger partial charge in [-0.3, -0.25) is 0 Å². The molecule has 1 unspecified atom stereocenters. The van der Waals surface area contributed by atoms with Gasteiger partial charge in [0.05, 0.1) is 6.04 Å². The summed E-state index contributed by atoms with van der Waals surface area (Å²) in [7, 11) is 0. The Morgan fingerprint density at radius 3 is 2.65 bits per heavy atom. The first-order valence-electron chi connectivity index (χ1n) is 6.56. The largest absolute Gasteiger partial charge is 0.306 e. The van der Waals surface area contributed by atoms with Gasteiger partial charge in [0, 0.05) is 9.50 Å². The van der Waals surface area contributed by atoms with Crippen molar-refractivity contribution in [2.45, 2.75) is 19.4 Å². The van der Waals surface area contributed by atoms with E-state index in [-0.39, 0.29) is 11.9 Å². The Hall–Kier alpha value is -0.900. The summed E-state index contributed by atoms with van der Waals surface area (Å²) < 4.78 is 14.4. The van der Waals surface area contributed by atoms with E-state index in [1.807, 2.05) is 24.3 Å². The molecule has 2 aromatic carbocycles. The first-order valence-corrected chi connectivity index (χ1v) is 7.73. The van der Waals surface area contributed by atoms with Crippen LogP contribution >= 0.6 is 27.5 Å². The molecule has 4 heteroatoms. The number of hydrogen-bond acceptors (Lipinski definition) is 1. The molecule has 0 amide bonds. The highest BCUT2D eigenvalue weighted by Crippen LogP contribution is 2.32. The lowest BCUT2D eigenvalue weighted by atomic mass is 9.98. The zero-order valence-electron chi connectivity index (χ0n) is 11.2. The van der Waals surface area contributed by atoms with Crippen molar-refractivity contribution in [1.82, 2.24) is 5.32 Å². The van der Waals surface area contributed by atoms with Gasteiger partial charge in [0.2, 0.25) is 0 Å². The molecule has 0 saturated carbocycles. The number of benzene rings is 2. The molecule has 0 fully saturated rings. The zero-order valence-corrected chi connectivity index (χ0v) is 13.5. The van der Waals surface area contributed by atoms with Crippen molar-refractivity contribution in [3.63, 3.8) is 0 Å². The molecule has 1 N–H and O–H groups in total. The maximum atomic E-state index is 13.6. The predicted molar refractivity (Wildman–Crippen MR) is 85.7 cm³/mol. The molecule has 0 spiro atoms. The Morgan fingerprint density at radius 1 is 1.20 bits per heavy atom. The molecule has 106 valence electrons. The smallest absolute Gasteiger partial charge is 0.123 e. The molecule has 0 aliphatic heterocycles. The molecule has 0 aliphatic carbocycles. The lowest BCUT2D eigenvalue weighted by Crippen LogP contribution is -2.24. The topological polar surface area (TPSA) is 12.0 Å². The molecule has 1 atom stereocenters. The Labute approximate surface area is 132 Å². The van der Waals surface area contributed by atoms with Crippen molar-refractivity contribution >= 4 is 27.5 Å². The van der Waals surface area contributed by atoms with Crippen LogP contribution in [0.5, 0.6) is 0 Å². The van der Waals surface area contributed by atoms with Gasteiger partial charge in [-0.15, -0.1) is 0 Å². The summed E-state index contributed by atoms with van der Waals surface area (Å²) >= 11 is 9.79. The normalized spacial score (nSPS) is 12.4. The Balaban J connectivity index is 2.47. The molecule has 0 aromatic heterocycles. The maximum absolute atomic E-state index is 13.6. The number of nitrogens with one attached hydrogen (secondary N) is 1. The van der Waals surface area contributed by atoms with E-state index in [9.17, 15) is 4.39 Å². The minimum atomic E-state index is -0.251. The molecule has 0 bridgehead atoms. The van der Waals surface area contributed by atoms with Crippen LogP contribution in [0.4, 0.5) is 4.39 Å². The van der Waals surface area contributed by atoms with Gasteiger partial charge in [0.15, 0.2) is 0 Å². The van der Waals surface area contributed by atoms with Crippen LogP contribution in [-0.2, 0) is 0 Å². The molecular formula is C16H16BrClFN. The van der Waals surface area contributed by atoms with E-state index >= 15 is 0 Å². The second-order valence-corrected chi connectivity index (χ2v) is 5.84. The molecular weight excluding hydrogens is 341 g/mol. The minimum Gasteiger partial charge on any atom is -0.306 e. The highest BCUT2D eigenvalue weighted by Gasteiger charge is 2.19. The monoisotopic (exact) mass is 355 g/mol. The fraction of sp³-hybridized carbons (Fsp3) is 0.250. The standard InChI is InChI=1S/C16H16BrClFN/c1-2-9-20-16(12-5-3-4-6-15(12)18)13-10-11(19)7-8-14(13)17/h3-8,10,16,20H,2,9H2,1H3. The summed E-state index contributed by atoms with van der Waals surface area (Å²) in [5.74, 6) is -0.251. The zero-order chi connectivity index (χ0) is 14.5. The van der Waals surface area contributed by atoms with Crippen LogP contribution < -0.4 is 5.32 Å². The molecule has 0 saturated heterocycles. The van der Waals surface area contributed by atoms with Gasteiger partial charge >= 0.3 is 0 Å². The fourth-order valence-electron chi connectivity index (χ4n) is 2.12. The van der Waals surface area contributed by atoms with Crippen LogP contribution in [0.15, 0.2) is 46.9 Å². The van der Waals surface area contributed by atoms with Gasteiger partial charge < -0.3 is 5.32 Å². The van der Waals surface area contributed by atoms with Crippen LogP contribution in [0, 0.1) is 5.82 Å². The van der Waals surface area contributed by atoms with Crippen LogP contribution in [-0.4, -0.2) is 6.54 Å². The molecule has 1 nitrogen and oxygen atoms in total. The molecule has 2 aromatic rings. The first-order chi connectivity index (χ1) is 9.63. The van der Waals surface area contributed by atoms with E-state index in [1.54, 1.807) is 12.1 Å². The SMILES string of the molecule is CCCNC(c1ccccc1Cl)c1cc(F)ccc1Br. The average molecular weight is 357 g/mol. The van der Waals surface area contributed by atoms with E-state index in [2.05, 4.69) is 28.2 Å². The van der Waals surface area contributed by atoms with Crippen molar-refractivity contribution < 1.29 is 4.39 Å². The predicted octanol–water partition coefficient (Wildman–Crippen LogP) is 5.33. The van der Waals surface area contributed by atoms with Gasteiger partial charge in [0.25, 0.3) is 0 Å². The van der Waals surface area contributed by atoms with E-state index in [4.69, 9.17) is 11.6 Å². The highest BCUT2D eigenvalue weighted by atomic mass is 79.9. The fourth-order valence-corrected chi connectivity index (χ4v) is 2.84. The van der Waals surface area contributed by atoms with E-state index in [0.29, 0.717) is 5.02 Å².